The van der Waals surface area contributed by atoms with Gasteiger partial charge in [0.15, 0.2) is 5.76 Å². The number of hydrogen-bond acceptors (Lipinski definition) is 4. The second-order valence-electron chi connectivity index (χ2n) is 5.05. The Hall–Kier alpha value is -1.33. The highest BCUT2D eigenvalue weighted by Gasteiger charge is 2.05. The Balaban J connectivity index is 1.79. The first kappa shape index (κ1) is 15.1. The van der Waals surface area contributed by atoms with Gasteiger partial charge in [-0.25, -0.2) is 0 Å². The first-order valence-electron chi connectivity index (χ1n) is 6.67. The molecule has 4 nitrogen and oxygen atoms in total. The van der Waals surface area contributed by atoms with Crippen molar-refractivity contribution < 1.29 is 9.26 Å². The van der Waals surface area contributed by atoms with Crippen LogP contribution >= 0.6 is 15.9 Å². The van der Waals surface area contributed by atoms with Gasteiger partial charge in [-0.15, -0.1) is 0 Å². The van der Waals surface area contributed by atoms with E-state index >= 15 is 0 Å². The Labute approximate surface area is 127 Å². The number of rotatable bonds is 7. The Kier molecular flexibility index (Phi) is 5.61. The molecule has 0 radical (unpaired) electrons. The topological polar surface area (TPSA) is 47.3 Å². The highest BCUT2D eigenvalue weighted by Crippen LogP contribution is 2.17. The average Bonchev–Trinajstić information content (AvgIpc) is 2.86. The fourth-order valence-electron chi connectivity index (χ4n) is 1.68. The van der Waals surface area contributed by atoms with Gasteiger partial charge in [0.2, 0.25) is 0 Å². The predicted molar refractivity (Wildman–Crippen MR) is 81.5 cm³/mol. The summed E-state index contributed by atoms with van der Waals surface area (Å²) in [7, 11) is 0. The smallest absolute Gasteiger partial charge is 0.174 e. The van der Waals surface area contributed by atoms with Crippen LogP contribution in [0.3, 0.4) is 0 Å². The lowest BCUT2D eigenvalue weighted by molar-refractivity contribution is 0.248. The van der Waals surface area contributed by atoms with E-state index in [4.69, 9.17) is 9.26 Å². The van der Waals surface area contributed by atoms with Crippen molar-refractivity contribution in [3.63, 3.8) is 0 Å². The van der Waals surface area contributed by atoms with Crippen molar-refractivity contribution in [2.24, 2.45) is 5.92 Å². The Bertz CT molecular complexity index is 523. The molecule has 0 bridgehead atoms. The maximum atomic E-state index is 5.63. The first-order chi connectivity index (χ1) is 9.63. The van der Waals surface area contributed by atoms with Crippen LogP contribution in [0.5, 0.6) is 5.75 Å². The predicted octanol–water partition coefficient (Wildman–Crippen LogP) is 3.76. The van der Waals surface area contributed by atoms with Crippen LogP contribution in [0.25, 0.3) is 0 Å². The Morgan fingerprint density at radius 2 is 2.05 bits per heavy atom. The number of nitrogens with one attached hydrogen (secondary N) is 1. The van der Waals surface area contributed by atoms with E-state index in [1.807, 2.05) is 30.3 Å². The molecule has 20 heavy (non-hydrogen) atoms. The number of ether oxygens (including phenoxy) is 1. The molecule has 1 aromatic heterocycles. The van der Waals surface area contributed by atoms with Gasteiger partial charge in [-0.3, -0.25) is 0 Å². The number of halogens is 1. The third kappa shape index (κ3) is 4.98. The lowest BCUT2D eigenvalue weighted by atomic mass is 10.2. The summed E-state index contributed by atoms with van der Waals surface area (Å²) in [4.78, 5) is 0. The van der Waals surface area contributed by atoms with Gasteiger partial charge in [0.25, 0.3) is 0 Å². The second kappa shape index (κ2) is 7.45. The van der Waals surface area contributed by atoms with Crippen molar-refractivity contribution in [3.05, 3.63) is 46.3 Å². The van der Waals surface area contributed by atoms with Gasteiger partial charge in [0.05, 0.1) is 5.69 Å². The zero-order chi connectivity index (χ0) is 14.4. The van der Waals surface area contributed by atoms with Gasteiger partial charge in [-0.2, -0.15) is 0 Å². The summed E-state index contributed by atoms with van der Waals surface area (Å²) in [5, 5.41) is 7.34. The minimum absolute atomic E-state index is 0.388. The van der Waals surface area contributed by atoms with E-state index in [0.717, 1.165) is 34.8 Å². The summed E-state index contributed by atoms with van der Waals surface area (Å²) in [5.74, 6) is 2.17. The third-order valence-electron chi connectivity index (χ3n) is 2.66. The average molecular weight is 339 g/mol. The lowest BCUT2D eigenvalue weighted by Gasteiger charge is -2.04. The maximum Gasteiger partial charge on any atom is 0.174 e. The van der Waals surface area contributed by atoms with E-state index in [-0.39, 0.29) is 0 Å². The van der Waals surface area contributed by atoms with E-state index < -0.39 is 0 Å². The van der Waals surface area contributed by atoms with Gasteiger partial charge in [-0.05, 0) is 36.7 Å². The lowest BCUT2D eigenvalue weighted by Crippen LogP contribution is -2.19. The summed E-state index contributed by atoms with van der Waals surface area (Å²) in [6, 6.07) is 9.62. The molecular formula is C15H19BrN2O2. The van der Waals surface area contributed by atoms with Crippen LogP contribution in [0.4, 0.5) is 0 Å². The quantitative estimate of drug-likeness (QED) is 0.834. The summed E-state index contributed by atoms with van der Waals surface area (Å²) in [6.07, 6.45) is 0. The van der Waals surface area contributed by atoms with Crippen molar-refractivity contribution in [1.29, 1.82) is 0 Å². The molecule has 5 heteroatoms. The van der Waals surface area contributed by atoms with Crippen LogP contribution in [0.1, 0.15) is 25.3 Å². The Morgan fingerprint density at radius 1 is 1.30 bits per heavy atom. The minimum atomic E-state index is 0.388. The SMILES string of the molecule is CC(C)CNCc1cc(COc2ccc(Br)cc2)on1. The summed E-state index contributed by atoms with van der Waals surface area (Å²) < 4.78 is 11.9. The fraction of sp³-hybridized carbons (Fsp3) is 0.400. The number of hydrogen-bond donors (Lipinski definition) is 1. The van der Waals surface area contributed by atoms with Crippen molar-refractivity contribution in [2.45, 2.75) is 27.0 Å². The normalized spacial score (nSPS) is 11.0. The minimum Gasteiger partial charge on any atom is -0.486 e. The molecule has 0 aliphatic rings. The molecular weight excluding hydrogens is 320 g/mol. The maximum absolute atomic E-state index is 5.63. The molecule has 0 atom stereocenters. The molecule has 0 saturated carbocycles. The molecule has 0 saturated heterocycles. The van der Waals surface area contributed by atoms with Gasteiger partial charge in [0, 0.05) is 17.1 Å². The van der Waals surface area contributed by atoms with Gasteiger partial charge >= 0.3 is 0 Å². The van der Waals surface area contributed by atoms with Crippen LogP contribution < -0.4 is 10.1 Å². The van der Waals surface area contributed by atoms with Crippen LogP contribution in [-0.2, 0) is 13.2 Å². The van der Waals surface area contributed by atoms with Crippen molar-refractivity contribution in [1.82, 2.24) is 10.5 Å². The van der Waals surface area contributed by atoms with Crippen molar-refractivity contribution in [2.75, 3.05) is 6.54 Å². The molecule has 0 aliphatic heterocycles. The monoisotopic (exact) mass is 338 g/mol. The van der Waals surface area contributed by atoms with Gasteiger partial charge in [0.1, 0.15) is 12.4 Å². The van der Waals surface area contributed by atoms with E-state index in [2.05, 4.69) is 40.3 Å². The zero-order valence-corrected chi connectivity index (χ0v) is 13.3. The summed E-state index contributed by atoms with van der Waals surface area (Å²) in [6.45, 7) is 6.43. The fourth-order valence-corrected chi connectivity index (χ4v) is 1.95. The van der Waals surface area contributed by atoms with Crippen molar-refractivity contribution >= 4 is 15.9 Å². The van der Waals surface area contributed by atoms with E-state index in [0.29, 0.717) is 12.5 Å². The molecule has 0 fully saturated rings. The second-order valence-corrected chi connectivity index (χ2v) is 5.97. The molecule has 1 N–H and O–H groups in total. The third-order valence-corrected chi connectivity index (χ3v) is 3.19. The van der Waals surface area contributed by atoms with Crippen molar-refractivity contribution in [3.8, 4) is 5.75 Å². The number of benzene rings is 1. The van der Waals surface area contributed by atoms with Crippen LogP contribution in [0.15, 0.2) is 39.3 Å². The molecule has 2 aromatic rings. The summed E-state index contributed by atoms with van der Waals surface area (Å²) >= 11 is 3.39. The van der Waals surface area contributed by atoms with E-state index in [1.54, 1.807) is 0 Å². The van der Waals surface area contributed by atoms with Gasteiger partial charge in [-0.1, -0.05) is 34.9 Å². The number of aromatic nitrogens is 1. The molecule has 0 spiro atoms. The molecule has 1 aromatic carbocycles. The van der Waals surface area contributed by atoms with E-state index in [1.165, 1.54) is 0 Å². The van der Waals surface area contributed by atoms with Crippen LogP contribution in [0.2, 0.25) is 0 Å². The Morgan fingerprint density at radius 3 is 2.75 bits per heavy atom. The van der Waals surface area contributed by atoms with Crippen LogP contribution in [0, 0.1) is 5.92 Å². The summed E-state index contributed by atoms with van der Waals surface area (Å²) in [5.41, 5.74) is 0.903. The molecule has 0 unspecified atom stereocenters. The molecule has 0 aliphatic carbocycles. The molecule has 2 rings (SSSR count). The zero-order valence-electron chi connectivity index (χ0n) is 11.7. The standard InChI is InChI=1S/C15H19BrN2O2/c1-11(2)8-17-9-13-7-15(20-18-13)10-19-14-5-3-12(16)4-6-14/h3-7,11,17H,8-10H2,1-2H3. The molecule has 1 heterocycles. The highest BCUT2D eigenvalue weighted by atomic mass is 79.9. The van der Waals surface area contributed by atoms with Crippen LogP contribution in [-0.4, -0.2) is 11.7 Å². The largest absolute Gasteiger partial charge is 0.486 e. The first-order valence-corrected chi connectivity index (χ1v) is 7.46. The number of nitrogens with zero attached hydrogens (tertiary/aromatic N) is 1. The molecule has 0 amide bonds. The highest BCUT2D eigenvalue weighted by molar-refractivity contribution is 9.10. The van der Waals surface area contributed by atoms with Gasteiger partial charge < -0.3 is 14.6 Å². The van der Waals surface area contributed by atoms with E-state index in [9.17, 15) is 0 Å². The molecule has 108 valence electrons.